The first-order chi connectivity index (χ1) is 16.4. The molecule has 1 amide bonds. The Labute approximate surface area is 200 Å². The van der Waals surface area contributed by atoms with E-state index in [-0.39, 0.29) is 30.0 Å². The molecule has 2 unspecified atom stereocenters. The number of ether oxygens (including phenoxy) is 1. The standard InChI is InChI=1S/C28H32N2O4/c1-17-5-9-23(10-6-17)34-26-12-8-18-13-19(7-11-24(18)25(26)16-29)27(31)30-21-3-2-4-22(30)15-20(14-21)28(32)33/h7-8,11-13,17,20-23H,2-6,9-10,14-15H2,1H3,(H,32,33). The van der Waals surface area contributed by atoms with Crippen molar-refractivity contribution in [2.45, 2.75) is 82.9 Å². The van der Waals surface area contributed by atoms with Gasteiger partial charge in [0.05, 0.1) is 12.0 Å². The number of carbonyl (C=O) groups is 2. The first-order valence-corrected chi connectivity index (χ1v) is 12.6. The third-order valence-corrected chi connectivity index (χ3v) is 8.16. The minimum atomic E-state index is -0.750. The Morgan fingerprint density at radius 2 is 1.74 bits per heavy atom. The molecule has 2 bridgehead atoms. The van der Waals surface area contributed by atoms with Crippen molar-refractivity contribution in [3.63, 3.8) is 0 Å². The summed E-state index contributed by atoms with van der Waals surface area (Å²) in [6.45, 7) is 2.27. The molecule has 2 heterocycles. The maximum atomic E-state index is 13.5. The highest BCUT2D eigenvalue weighted by Gasteiger charge is 2.43. The van der Waals surface area contributed by atoms with Crippen LogP contribution < -0.4 is 4.74 Å². The molecule has 2 aliphatic heterocycles. The molecule has 6 heteroatoms. The molecule has 3 aliphatic rings. The lowest BCUT2D eigenvalue weighted by Crippen LogP contribution is -2.55. The summed E-state index contributed by atoms with van der Waals surface area (Å²) in [6.07, 6.45) is 8.30. The molecular weight excluding hydrogens is 428 g/mol. The first-order valence-electron chi connectivity index (χ1n) is 12.6. The van der Waals surface area contributed by atoms with E-state index in [0.717, 1.165) is 61.6 Å². The number of hydrogen-bond acceptors (Lipinski definition) is 4. The molecule has 1 N–H and O–H groups in total. The fourth-order valence-corrected chi connectivity index (χ4v) is 6.25. The normalized spacial score (nSPS) is 28.8. The Kier molecular flexibility index (Phi) is 6.20. The van der Waals surface area contributed by atoms with E-state index in [1.165, 1.54) is 0 Å². The maximum absolute atomic E-state index is 13.5. The molecule has 0 radical (unpaired) electrons. The summed E-state index contributed by atoms with van der Waals surface area (Å²) < 4.78 is 6.24. The number of nitriles is 1. The Balaban J connectivity index is 1.39. The molecule has 34 heavy (non-hydrogen) atoms. The number of aliphatic carboxylic acids is 1. The summed E-state index contributed by atoms with van der Waals surface area (Å²) in [5.74, 6) is 0.214. The predicted molar refractivity (Wildman–Crippen MR) is 129 cm³/mol. The summed E-state index contributed by atoms with van der Waals surface area (Å²) in [4.78, 5) is 27.0. The summed E-state index contributed by atoms with van der Waals surface area (Å²) in [6, 6.07) is 11.6. The van der Waals surface area contributed by atoms with Gasteiger partial charge in [-0.25, -0.2) is 0 Å². The number of amides is 1. The monoisotopic (exact) mass is 460 g/mol. The summed E-state index contributed by atoms with van der Waals surface area (Å²) >= 11 is 0. The number of fused-ring (bicyclic) bond motifs is 3. The zero-order valence-electron chi connectivity index (χ0n) is 19.7. The van der Waals surface area contributed by atoms with Crippen molar-refractivity contribution in [2.24, 2.45) is 11.8 Å². The van der Waals surface area contributed by atoms with Gasteiger partial charge in [0.15, 0.2) is 0 Å². The van der Waals surface area contributed by atoms with Gasteiger partial charge in [-0.3, -0.25) is 9.59 Å². The highest BCUT2D eigenvalue weighted by Crippen LogP contribution is 2.39. The number of hydrogen-bond donors (Lipinski definition) is 1. The average Bonchev–Trinajstić information content (AvgIpc) is 2.83. The average molecular weight is 461 g/mol. The lowest BCUT2D eigenvalue weighted by molar-refractivity contribution is -0.145. The van der Waals surface area contributed by atoms with Gasteiger partial charge in [-0.2, -0.15) is 5.26 Å². The number of carboxylic acid groups (broad SMARTS) is 1. The van der Waals surface area contributed by atoms with Crippen LogP contribution in [0.25, 0.3) is 10.8 Å². The van der Waals surface area contributed by atoms with E-state index in [4.69, 9.17) is 4.74 Å². The van der Waals surface area contributed by atoms with Crippen LogP contribution in [-0.4, -0.2) is 40.1 Å². The van der Waals surface area contributed by atoms with Gasteiger partial charge < -0.3 is 14.7 Å². The largest absolute Gasteiger partial charge is 0.489 e. The van der Waals surface area contributed by atoms with Crippen molar-refractivity contribution in [1.82, 2.24) is 4.90 Å². The third kappa shape index (κ3) is 4.24. The fraction of sp³-hybridized carbons (Fsp3) is 0.536. The molecule has 1 saturated carbocycles. The smallest absolute Gasteiger partial charge is 0.306 e. The minimum Gasteiger partial charge on any atom is -0.489 e. The number of piperidine rings is 2. The van der Waals surface area contributed by atoms with E-state index >= 15 is 0 Å². The van der Waals surface area contributed by atoms with E-state index < -0.39 is 5.97 Å². The number of benzene rings is 2. The van der Waals surface area contributed by atoms with Crippen LogP contribution in [0, 0.1) is 23.2 Å². The summed E-state index contributed by atoms with van der Waals surface area (Å²) in [5.41, 5.74) is 1.12. The van der Waals surface area contributed by atoms with Gasteiger partial charge in [-0.05, 0) is 87.3 Å². The number of carbonyl (C=O) groups excluding carboxylic acids is 1. The van der Waals surface area contributed by atoms with Gasteiger partial charge in [0, 0.05) is 23.0 Å². The molecule has 178 valence electrons. The van der Waals surface area contributed by atoms with Crippen LogP contribution in [0.1, 0.15) is 80.6 Å². The van der Waals surface area contributed by atoms with Crippen LogP contribution in [0.15, 0.2) is 30.3 Å². The Bertz CT molecular complexity index is 1130. The molecule has 0 aromatic heterocycles. The molecule has 2 saturated heterocycles. The third-order valence-electron chi connectivity index (χ3n) is 8.16. The Morgan fingerprint density at radius 3 is 2.38 bits per heavy atom. The Hall–Kier alpha value is -3.07. The van der Waals surface area contributed by atoms with Gasteiger partial charge in [0.1, 0.15) is 17.4 Å². The predicted octanol–water partition coefficient (Wildman–Crippen LogP) is 5.53. The van der Waals surface area contributed by atoms with E-state index in [1.54, 1.807) is 6.07 Å². The SMILES string of the molecule is CC1CCC(Oc2ccc3cc(C(=O)N4C5CCCC4CC(C(=O)O)C5)ccc3c2C#N)CC1. The van der Waals surface area contributed by atoms with Crippen LogP contribution in [0.2, 0.25) is 0 Å². The van der Waals surface area contributed by atoms with Gasteiger partial charge in [0.2, 0.25) is 0 Å². The van der Waals surface area contributed by atoms with Crippen molar-refractivity contribution in [2.75, 3.05) is 0 Å². The second-order valence-corrected chi connectivity index (χ2v) is 10.4. The van der Waals surface area contributed by atoms with Gasteiger partial charge in [0.25, 0.3) is 5.91 Å². The molecule has 5 rings (SSSR count). The van der Waals surface area contributed by atoms with Crippen molar-refractivity contribution in [1.29, 1.82) is 5.26 Å². The molecule has 2 atom stereocenters. The molecule has 1 aliphatic carbocycles. The number of nitrogens with zero attached hydrogens (tertiary/aromatic N) is 2. The second-order valence-electron chi connectivity index (χ2n) is 10.4. The highest BCUT2D eigenvalue weighted by atomic mass is 16.5. The molecule has 2 aromatic carbocycles. The second kappa shape index (κ2) is 9.29. The van der Waals surface area contributed by atoms with Crippen LogP contribution in [0.4, 0.5) is 0 Å². The van der Waals surface area contributed by atoms with Crippen LogP contribution in [0.3, 0.4) is 0 Å². The van der Waals surface area contributed by atoms with Crippen LogP contribution in [0.5, 0.6) is 5.75 Å². The van der Waals surface area contributed by atoms with Gasteiger partial charge >= 0.3 is 5.97 Å². The topological polar surface area (TPSA) is 90.6 Å². The number of carboxylic acids is 1. The lowest BCUT2D eigenvalue weighted by Gasteiger charge is -2.48. The lowest BCUT2D eigenvalue weighted by atomic mass is 9.78. The summed E-state index contributed by atoms with van der Waals surface area (Å²) in [7, 11) is 0. The fourth-order valence-electron chi connectivity index (χ4n) is 6.25. The zero-order valence-corrected chi connectivity index (χ0v) is 19.7. The van der Waals surface area contributed by atoms with E-state index in [0.29, 0.717) is 29.7 Å². The molecule has 2 aromatic rings. The van der Waals surface area contributed by atoms with E-state index in [1.807, 2.05) is 29.2 Å². The molecule has 0 spiro atoms. The van der Waals surface area contributed by atoms with Crippen molar-refractivity contribution in [3.05, 3.63) is 41.5 Å². The van der Waals surface area contributed by atoms with E-state index in [9.17, 15) is 20.0 Å². The highest BCUT2D eigenvalue weighted by molar-refractivity contribution is 6.00. The summed E-state index contributed by atoms with van der Waals surface area (Å²) in [5, 5.41) is 21.0. The minimum absolute atomic E-state index is 0.0135. The quantitative estimate of drug-likeness (QED) is 0.648. The van der Waals surface area contributed by atoms with Crippen molar-refractivity contribution >= 4 is 22.6 Å². The van der Waals surface area contributed by atoms with Crippen molar-refractivity contribution in [3.8, 4) is 11.8 Å². The van der Waals surface area contributed by atoms with Gasteiger partial charge in [-0.1, -0.05) is 19.1 Å². The van der Waals surface area contributed by atoms with Crippen LogP contribution >= 0.6 is 0 Å². The Morgan fingerprint density at radius 1 is 1.03 bits per heavy atom. The zero-order chi connectivity index (χ0) is 23.8. The van der Waals surface area contributed by atoms with Crippen LogP contribution in [-0.2, 0) is 4.79 Å². The first kappa shape index (κ1) is 22.7. The molecule has 6 nitrogen and oxygen atoms in total. The van der Waals surface area contributed by atoms with Crippen molar-refractivity contribution < 1.29 is 19.4 Å². The number of rotatable bonds is 4. The molecular formula is C28H32N2O4. The molecule has 3 fully saturated rings. The maximum Gasteiger partial charge on any atom is 0.306 e. The van der Waals surface area contributed by atoms with Gasteiger partial charge in [-0.15, -0.1) is 0 Å². The van der Waals surface area contributed by atoms with E-state index in [2.05, 4.69) is 13.0 Å².